The fraction of sp³-hybridized carbons (Fsp3) is 0.667. The lowest BCUT2D eigenvalue weighted by molar-refractivity contribution is 0.193. The molecule has 1 aliphatic rings. The van der Waals surface area contributed by atoms with Crippen LogP contribution in [0.2, 0.25) is 0 Å². The summed E-state index contributed by atoms with van der Waals surface area (Å²) in [4.78, 5) is 1.16. The van der Waals surface area contributed by atoms with E-state index in [9.17, 15) is 0 Å². The first-order valence-corrected chi connectivity index (χ1v) is 7.30. The van der Waals surface area contributed by atoms with Crippen molar-refractivity contribution in [2.75, 3.05) is 13.2 Å². The summed E-state index contributed by atoms with van der Waals surface area (Å²) in [6.07, 6.45) is 3.06. The summed E-state index contributed by atoms with van der Waals surface area (Å²) < 4.78 is 11.3. The lowest BCUT2D eigenvalue weighted by Crippen LogP contribution is -2.03. The summed E-state index contributed by atoms with van der Waals surface area (Å²) >= 11 is 1.44. The highest BCUT2D eigenvalue weighted by Crippen LogP contribution is 2.24. The van der Waals surface area contributed by atoms with Gasteiger partial charge in [0.05, 0.1) is 29.4 Å². The van der Waals surface area contributed by atoms with Gasteiger partial charge < -0.3 is 4.74 Å². The van der Waals surface area contributed by atoms with Crippen LogP contribution in [0, 0.1) is 0 Å². The zero-order chi connectivity index (χ0) is 13.2. The Balaban J connectivity index is 1.74. The zero-order valence-electron chi connectivity index (χ0n) is 11.1. The molecule has 19 heavy (non-hydrogen) atoms. The Hall–Kier alpha value is -1.34. The largest absolute Gasteiger partial charge is 0.381 e. The lowest BCUT2D eigenvalue weighted by atomic mass is 10.1. The van der Waals surface area contributed by atoms with Gasteiger partial charge in [-0.1, -0.05) is 23.5 Å². The summed E-state index contributed by atoms with van der Waals surface area (Å²) in [5.74, 6) is 0.790. The third-order valence-electron chi connectivity index (χ3n) is 3.34. The third kappa shape index (κ3) is 2.66. The summed E-state index contributed by atoms with van der Waals surface area (Å²) in [6, 6.07) is 0. The van der Waals surface area contributed by atoms with Crippen LogP contribution in [0.5, 0.6) is 0 Å². The van der Waals surface area contributed by atoms with Gasteiger partial charge in [0.1, 0.15) is 0 Å². The standard InChI is InChI=1S/C12H17N5OS/c1-8(2)12-11(19-16-14-12)6-17-5-10(13-15-17)9-3-4-18-7-9/h5,8-9H,3-4,6-7H2,1-2H3. The molecule has 0 aromatic carbocycles. The highest BCUT2D eigenvalue weighted by atomic mass is 32.1. The SMILES string of the molecule is CC(C)c1nnsc1Cn1cc(C2CCOC2)nn1. The third-order valence-corrected chi connectivity index (χ3v) is 4.06. The fourth-order valence-corrected chi connectivity index (χ4v) is 3.04. The van der Waals surface area contributed by atoms with E-state index in [-0.39, 0.29) is 0 Å². The van der Waals surface area contributed by atoms with Crippen LogP contribution in [0.25, 0.3) is 0 Å². The first-order valence-electron chi connectivity index (χ1n) is 6.53. The highest BCUT2D eigenvalue weighted by Gasteiger charge is 2.21. The number of ether oxygens (including phenoxy) is 1. The molecule has 0 radical (unpaired) electrons. The van der Waals surface area contributed by atoms with E-state index in [0.717, 1.165) is 35.9 Å². The smallest absolute Gasteiger partial charge is 0.0881 e. The summed E-state index contributed by atoms with van der Waals surface area (Å²) in [5, 5.41) is 12.6. The molecule has 1 unspecified atom stereocenters. The summed E-state index contributed by atoms with van der Waals surface area (Å²) in [5.41, 5.74) is 2.09. The highest BCUT2D eigenvalue weighted by molar-refractivity contribution is 7.05. The van der Waals surface area contributed by atoms with Crippen molar-refractivity contribution >= 4 is 11.5 Å². The molecule has 0 saturated carbocycles. The zero-order valence-corrected chi connectivity index (χ0v) is 11.9. The minimum atomic E-state index is 0.389. The van der Waals surface area contributed by atoms with Crippen LogP contribution >= 0.6 is 11.5 Å². The van der Waals surface area contributed by atoms with E-state index in [1.54, 1.807) is 0 Å². The van der Waals surface area contributed by atoms with Gasteiger partial charge in [-0.3, -0.25) is 0 Å². The first-order chi connectivity index (χ1) is 9.24. The molecule has 2 aromatic rings. The topological polar surface area (TPSA) is 65.7 Å². The normalized spacial score (nSPS) is 19.4. The average molecular weight is 279 g/mol. The van der Waals surface area contributed by atoms with Crippen LogP contribution in [0.1, 0.15) is 48.4 Å². The van der Waals surface area contributed by atoms with Crippen molar-refractivity contribution in [2.45, 2.75) is 38.6 Å². The van der Waals surface area contributed by atoms with Crippen LogP contribution in [0.15, 0.2) is 6.20 Å². The number of hydrogen-bond acceptors (Lipinski definition) is 6. The Bertz CT molecular complexity index is 544. The average Bonchev–Trinajstić information content (AvgIpc) is 3.09. The molecular weight excluding hydrogens is 262 g/mol. The molecule has 0 spiro atoms. The van der Waals surface area contributed by atoms with Gasteiger partial charge in [0.2, 0.25) is 0 Å². The second kappa shape index (κ2) is 5.34. The first kappa shape index (κ1) is 12.7. The van der Waals surface area contributed by atoms with Gasteiger partial charge in [-0.15, -0.1) is 10.2 Å². The minimum absolute atomic E-state index is 0.389. The minimum Gasteiger partial charge on any atom is -0.381 e. The van der Waals surface area contributed by atoms with Crippen LogP contribution in [-0.4, -0.2) is 37.8 Å². The van der Waals surface area contributed by atoms with Gasteiger partial charge in [0, 0.05) is 18.7 Å². The van der Waals surface area contributed by atoms with Gasteiger partial charge in [0.15, 0.2) is 0 Å². The Morgan fingerprint density at radius 2 is 2.37 bits per heavy atom. The molecule has 7 heteroatoms. The monoisotopic (exact) mass is 279 g/mol. The van der Waals surface area contributed by atoms with E-state index in [1.807, 2.05) is 10.9 Å². The molecule has 6 nitrogen and oxygen atoms in total. The molecule has 2 aromatic heterocycles. The Labute approximate surface area is 116 Å². The Kier molecular flexibility index (Phi) is 3.56. The van der Waals surface area contributed by atoms with Crippen molar-refractivity contribution < 1.29 is 4.74 Å². The van der Waals surface area contributed by atoms with Crippen molar-refractivity contribution in [2.24, 2.45) is 0 Å². The summed E-state index contributed by atoms with van der Waals surface area (Å²) in [7, 11) is 0. The molecule has 3 rings (SSSR count). The van der Waals surface area contributed by atoms with Gasteiger partial charge in [-0.25, -0.2) is 4.68 Å². The van der Waals surface area contributed by atoms with E-state index in [0.29, 0.717) is 18.4 Å². The maximum absolute atomic E-state index is 5.38. The van der Waals surface area contributed by atoms with Gasteiger partial charge in [-0.2, -0.15) is 0 Å². The molecule has 1 saturated heterocycles. The van der Waals surface area contributed by atoms with Crippen LogP contribution < -0.4 is 0 Å². The quantitative estimate of drug-likeness (QED) is 0.854. The van der Waals surface area contributed by atoms with E-state index in [1.165, 1.54) is 11.5 Å². The molecule has 102 valence electrons. The molecule has 0 aliphatic carbocycles. The predicted molar refractivity (Wildman–Crippen MR) is 71.3 cm³/mol. The maximum Gasteiger partial charge on any atom is 0.0881 e. The van der Waals surface area contributed by atoms with E-state index in [4.69, 9.17) is 4.74 Å². The van der Waals surface area contributed by atoms with E-state index in [2.05, 4.69) is 33.7 Å². The predicted octanol–water partition coefficient (Wildman–Crippen LogP) is 1.81. The lowest BCUT2D eigenvalue weighted by Gasteiger charge is -2.03. The Morgan fingerprint density at radius 1 is 1.47 bits per heavy atom. The van der Waals surface area contributed by atoms with Crippen molar-refractivity contribution in [1.29, 1.82) is 0 Å². The summed E-state index contributed by atoms with van der Waals surface area (Å²) in [6.45, 7) is 6.54. The number of nitrogens with zero attached hydrogens (tertiary/aromatic N) is 5. The molecular formula is C12H17N5OS. The molecule has 1 atom stereocenters. The Morgan fingerprint density at radius 3 is 3.11 bits per heavy atom. The van der Waals surface area contributed by atoms with E-state index >= 15 is 0 Å². The molecule has 0 amide bonds. The van der Waals surface area contributed by atoms with Crippen molar-refractivity contribution in [3.8, 4) is 0 Å². The van der Waals surface area contributed by atoms with Crippen molar-refractivity contribution in [3.05, 3.63) is 22.5 Å². The molecule has 0 bridgehead atoms. The number of hydrogen-bond donors (Lipinski definition) is 0. The number of aromatic nitrogens is 5. The van der Waals surface area contributed by atoms with Crippen LogP contribution in [0.4, 0.5) is 0 Å². The van der Waals surface area contributed by atoms with Crippen LogP contribution in [0.3, 0.4) is 0 Å². The van der Waals surface area contributed by atoms with E-state index < -0.39 is 0 Å². The van der Waals surface area contributed by atoms with Crippen LogP contribution in [-0.2, 0) is 11.3 Å². The van der Waals surface area contributed by atoms with Gasteiger partial charge in [-0.05, 0) is 23.9 Å². The maximum atomic E-state index is 5.38. The molecule has 1 fully saturated rings. The van der Waals surface area contributed by atoms with Crippen molar-refractivity contribution in [3.63, 3.8) is 0 Å². The molecule has 3 heterocycles. The number of rotatable bonds is 4. The molecule has 1 aliphatic heterocycles. The second-order valence-corrected chi connectivity index (χ2v) is 5.98. The molecule has 0 N–H and O–H groups in total. The fourth-order valence-electron chi connectivity index (χ4n) is 2.26. The van der Waals surface area contributed by atoms with Gasteiger partial charge >= 0.3 is 0 Å². The second-order valence-electron chi connectivity index (χ2n) is 5.14. The van der Waals surface area contributed by atoms with Gasteiger partial charge in [0.25, 0.3) is 0 Å². The van der Waals surface area contributed by atoms with Crippen molar-refractivity contribution in [1.82, 2.24) is 24.6 Å².